The molecule has 3 heteroatoms. The summed E-state index contributed by atoms with van der Waals surface area (Å²) in [6, 6.07) is 2.07. The molecule has 0 N–H and O–H groups in total. The first-order valence-corrected chi connectivity index (χ1v) is 6.44. The smallest absolute Gasteiger partial charge is 0.226 e. The van der Waals surface area contributed by atoms with Crippen LogP contribution in [0.4, 0.5) is 0 Å². The molecule has 1 amide bonds. The van der Waals surface area contributed by atoms with Gasteiger partial charge < -0.3 is 4.90 Å². The van der Waals surface area contributed by atoms with Crippen LogP contribution in [-0.4, -0.2) is 23.4 Å². The van der Waals surface area contributed by atoms with E-state index in [9.17, 15) is 4.79 Å². The van der Waals surface area contributed by atoms with Crippen molar-refractivity contribution in [1.29, 1.82) is 5.26 Å². The second kappa shape index (κ2) is 6.52. The Morgan fingerprint density at radius 3 is 2.88 bits per heavy atom. The lowest BCUT2D eigenvalue weighted by molar-refractivity contribution is -0.135. The molecule has 1 saturated heterocycles. The van der Waals surface area contributed by atoms with Gasteiger partial charge in [0.2, 0.25) is 5.91 Å². The number of rotatable bonds is 5. The van der Waals surface area contributed by atoms with Gasteiger partial charge in [-0.05, 0) is 25.7 Å². The maximum Gasteiger partial charge on any atom is 0.226 e. The van der Waals surface area contributed by atoms with Gasteiger partial charge in [0.1, 0.15) is 6.04 Å². The van der Waals surface area contributed by atoms with Crippen LogP contribution in [0.15, 0.2) is 0 Å². The highest BCUT2D eigenvalue weighted by Crippen LogP contribution is 2.23. The average molecular weight is 222 g/mol. The van der Waals surface area contributed by atoms with E-state index >= 15 is 0 Å². The maximum absolute atomic E-state index is 12.2. The van der Waals surface area contributed by atoms with Crippen molar-refractivity contribution < 1.29 is 4.79 Å². The highest BCUT2D eigenvalue weighted by Gasteiger charge is 2.31. The molecular weight excluding hydrogens is 200 g/mol. The van der Waals surface area contributed by atoms with Crippen LogP contribution in [-0.2, 0) is 4.79 Å². The van der Waals surface area contributed by atoms with Crippen LogP contribution < -0.4 is 0 Å². The van der Waals surface area contributed by atoms with Crippen molar-refractivity contribution in [2.24, 2.45) is 5.92 Å². The van der Waals surface area contributed by atoms with Gasteiger partial charge in [-0.15, -0.1) is 0 Å². The molecule has 1 aliphatic rings. The standard InChI is InChI=1S/C13H22N2O/c1-3-5-7-11(4-2)13(16)15-9-6-8-12(15)10-14/h11-12H,3-9H2,1-2H3. The van der Waals surface area contributed by atoms with E-state index in [4.69, 9.17) is 5.26 Å². The van der Waals surface area contributed by atoms with E-state index in [0.29, 0.717) is 0 Å². The van der Waals surface area contributed by atoms with E-state index in [1.54, 1.807) is 4.90 Å². The van der Waals surface area contributed by atoms with Crippen molar-refractivity contribution in [1.82, 2.24) is 4.90 Å². The molecule has 0 aliphatic carbocycles. The third-order valence-electron chi connectivity index (χ3n) is 3.43. The van der Waals surface area contributed by atoms with Crippen molar-refractivity contribution in [3.63, 3.8) is 0 Å². The Morgan fingerprint density at radius 2 is 2.31 bits per heavy atom. The number of nitrogens with zero attached hydrogens (tertiary/aromatic N) is 2. The van der Waals surface area contributed by atoms with Crippen LogP contribution in [0.2, 0.25) is 0 Å². The maximum atomic E-state index is 12.2. The zero-order valence-electron chi connectivity index (χ0n) is 10.4. The Morgan fingerprint density at radius 1 is 1.56 bits per heavy atom. The van der Waals surface area contributed by atoms with Crippen LogP contribution >= 0.6 is 0 Å². The topological polar surface area (TPSA) is 44.1 Å². The average Bonchev–Trinajstić information content (AvgIpc) is 2.77. The van der Waals surface area contributed by atoms with Crippen LogP contribution in [0.5, 0.6) is 0 Å². The second-order valence-electron chi connectivity index (χ2n) is 4.57. The quantitative estimate of drug-likeness (QED) is 0.718. The van der Waals surface area contributed by atoms with Gasteiger partial charge in [-0.2, -0.15) is 5.26 Å². The summed E-state index contributed by atoms with van der Waals surface area (Å²) in [5.74, 6) is 0.342. The zero-order chi connectivity index (χ0) is 12.0. The van der Waals surface area contributed by atoms with Crippen molar-refractivity contribution in [3.8, 4) is 6.07 Å². The van der Waals surface area contributed by atoms with Gasteiger partial charge in [0.25, 0.3) is 0 Å². The van der Waals surface area contributed by atoms with Crippen molar-refractivity contribution >= 4 is 5.91 Å². The minimum absolute atomic E-state index is 0.133. The van der Waals surface area contributed by atoms with E-state index < -0.39 is 0 Å². The van der Waals surface area contributed by atoms with Gasteiger partial charge in [-0.3, -0.25) is 4.79 Å². The number of hydrogen-bond acceptors (Lipinski definition) is 2. The van der Waals surface area contributed by atoms with E-state index in [0.717, 1.165) is 45.1 Å². The van der Waals surface area contributed by atoms with Gasteiger partial charge in [0.05, 0.1) is 6.07 Å². The van der Waals surface area contributed by atoms with E-state index in [-0.39, 0.29) is 17.9 Å². The first-order valence-electron chi connectivity index (χ1n) is 6.44. The van der Waals surface area contributed by atoms with E-state index in [1.807, 2.05) is 0 Å². The van der Waals surface area contributed by atoms with Gasteiger partial charge in [0, 0.05) is 12.5 Å². The summed E-state index contributed by atoms with van der Waals surface area (Å²) >= 11 is 0. The molecule has 1 heterocycles. The number of nitriles is 1. The minimum Gasteiger partial charge on any atom is -0.326 e. The third-order valence-corrected chi connectivity index (χ3v) is 3.43. The lowest BCUT2D eigenvalue weighted by Gasteiger charge is -2.24. The summed E-state index contributed by atoms with van der Waals surface area (Å²) in [7, 11) is 0. The van der Waals surface area contributed by atoms with Crippen LogP contribution in [0, 0.1) is 17.2 Å². The molecule has 3 nitrogen and oxygen atoms in total. The van der Waals surface area contributed by atoms with E-state index in [1.165, 1.54) is 0 Å². The lowest BCUT2D eigenvalue weighted by Crippen LogP contribution is -2.38. The van der Waals surface area contributed by atoms with Gasteiger partial charge in [0.15, 0.2) is 0 Å². The molecule has 0 bridgehead atoms. The molecule has 1 aliphatic heterocycles. The van der Waals surface area contributed by atoms with Gasteiger partial charge >= 0.3 is 0 Å². The molecule has 1 rings (SSSR count). The van der Waals surface area contributed by atoms with E-state index in [2.05, 4.69) is 19.9 Å². The molecule has 0 aromatic heterocycles. The summed E-state index contributed by atoms with van der Waals surface area (Å²) in [6.45, 7) is 4.99. The molecule has 0 aromatic carbocycles. The molecule has 90 valence electrons. The molecule has 2 unspecified atom stereocenters. The van der Waals surface area contributed by atoms with Gasteiger partial charge in [-0.1, -0.05) is 26.7 Å². The van der Waals surface area contributed by atoms with Crippen molar-refractivity contribution in [3.05, 3.63) is 0 Å². The number of hydrogen-bond donors (Lipinski definition) is 0. The molecular formula is C13H22N2O. The molecule has 0 radical (unpaired) electrons. The highest BCUT2D eigenvalue weighted by molar-refractivity contribution is 5.79. The summed E-state index contributed by atoms with van der Waals surface area (Å²) in [4.78, 5) is 14.0. The molecule has 16 heavy (non-hydrogen) atoms. The molecule has 2 atom stereocenters. The minimum atomic E-state index is -0.164. The Kier molecular flexibility index (Phi) is 5.31. The summed E-state index contributed by atoms with van der Waals surface area (Å²) < 4.78 is 0. The largest absolute Gasteiger partial charge is 0.326 e. The fraction of sp³-hybridized carbons (Fsp3) is 0.846. The van der Waals surface area contributed by atoms with Gasteiger partial charge in [-0.25, -0.2) is 0 Å². The molecule has 0 aromatic rings. The third kappa shape index (κ3) is 2.98. The van der Waals surface area contributed by atoms with Crippen LogP contribution in [0.1, 0.15) is 52.4 Å². The SMILES string of the molecule is CCCCC(CC)C(=O)N1CCCC1C#N. The molecule has 0 spiro atoms. The Hall–Kier alpha value is -1.04. The first-order chi connectivity index (χ1) is 7.74. The Balaban J connectivity index is 2.57. The number of carbonyl (C=O) groups is 1. The fourth-order valence-electron chi connectivity index (χ4n) is 2.35. The van der Waals surface area contributed by atoms with Crippen LogP contribution in [0.25, 0.3) is 0 Å². The normalized spacial score (nSPS) is 21.8. The first kappa shape index (κ1) is 13.0. The highest BCUT2D eigenvalue weighted by atomic mass is 16.2. The second-order valence-corrected chi connectivity index (χ2v) is 4.57. The Bertz CT molecular complexity index is 270. The fourth-order valence-corrected chi connectivity index (χ4v) is 2.35. The van der Waals surface area contributed by atoms with Crippen LogP contribution in [0.3, 0.4) is 0 Å². The molecule has 0 saturated carbocycles. The number of likely N-dealkylation sites (tertiary alicyclic amines) is 1. The molecule has 1 fully saturated rings. The number of unbranched alkanes of at least 4 members (excludes halogenated alkanes) is 1. The number of carbonyl (C=O) groups excluding carboxylic acids is 1. The summed E-state index contributed by atoms with van der Waals surface area (Å²) in [5.41, 5.74) is 0. The lowest BCUT2D eigenvalue weighted by atomic mass is 9.97. The van der Waals surface area contributed by atoms with Crippen molar-refractivity contribution in [2.75, 3.05) is 6.54 Å². The number of amides is 1. The summed E-state index contributed by atoms with van der Waals surface area (Å²) in [6.07, 6.45) is 5.94. The predicted molar refractivity (Wildman–Crippen MR) is 63.7 cm³/mol. The summed E-state index contributed by atoms with van der Waals surface area (Å²) in [5, 5.41) is 8.97. The predicted octanol–water partition coefficient (Wildman–Crippen LogP) is 2.72. The zero-order valence-corrected chi connectivity index (χ0v) is 10.4. The Labute approximate surface area is 98.4 Å². The monoisotopic (exact) mass is 222 g/mol. The van der Waals surface area contributed by atoms with Crippen molar-refractivity contribution in [2.45, 2.75) is 58.4 Å².